The van der Waals surface area contributed by atoms with Crippen molar-refractivity contribution in [3.05, 3.63) is 65.7 Å². The summed E-state index contributed by atoms with van der Waals surface area (Å²) in [6.45, 7) is 4.47. The van der Waals surface area contributed by atoms with Crippen LogP contribution in [-0.2, 0) is 17.1 Å². The lowest BCUT2D eigenvalue weighted by Crippen LogP contribution is -2.52. The van der Waals surface area contributed by atoms with Crippen molar-refractivity contribution in [3.8, 4) is 5.69 Å². The van der Waals surface area contributed by atoms with Crippen LogP contribution in [0.15, 0.2) is 53.8 Å². The van der Waals surface area contributed by atoms with Gasteiger partial charge >= 0.3 is 0 Å². The van der Waals surface area contributed by atoms with E-state index in [1.165, 1.54) is 42.4 Å². The smallest absolute Gasteiger partial charge is 0.264 e. The van der Waals surface area contributed by atoms with E-state index in [-0.39, 0.29) is 16.9 Å². The van der Waals surface area contributed by atoms with Gasteiger partial charge in [0, 0.05) is 44.7 Å². The number of piperazine rings is 1. The van der Waals surface area contributed by atoms with Crippen molar-refractivity contribution >= 4 is 20.9 Å². The van der Waals surface area contributed by atoms with Gasteiger partial charge in [0.2, 0.25) is 5.03 Å². The molecule has 2 fully saturated rings. The van der Waals surface area contributed by atoms with Gasteiger partial charge < -0.3 is 0 Å². The highest BCUT2D eigenvalue weighted by molar-refractivity contribution is 7.89. The second-order valence-corrected chi connectivity index (χ2v) is 12.0. The average Bonchev–Trinajstić information content (AvgIpc) is 3.48. The van der Waals surface area contributed by atoms with Gasteiger partial charge in [0.05, 0.1) is 23.6 Å². The molecule has 1 aliphatic carbocycles. The monoisotopic (exact) mass is 523 g/mol. The van der Waals surface area contributed by atoms with Gasteiger partial charge in [-0.15, -0.1) is 5.10 Å². The van der Waals surface area contributed by atoms with E-state index >= 15 is 0 Å². The van der Waals surface area contributed by atoms with Crippen LogP contribution in [0.1, 0.15) is 36.4 Å². The third kappa shape index (κ3) is 4.45. The van der Waals surface area contributed by atoms with E-state index < -0.39 is 10.0 Å². The number of hydrogen-bond acceptors (Lipinski definition) is 6. The molecule has 0 unspecified atom stereocenters. The third-order valence-corrected chi connectivity index (χ3v) is 9.47. The average molecular weight is 524 g/mol. The van der Waals surface area contributed by atoms with Crippen LogP contribution in [0, 0.1) is 18.7 Å². The topological polar surface area (TPSA) is 89.2 Å². The Morgan fingerprint density at radius 3 is 2.51 bits per heavy atom. The molecule has 4 aromatic rings. The minimum absolute atomic E-state index is 0.0195. The fraction of sp³-hybridized carbons (Fsp3) is 0.423. The summed E-state index contributed by atoms with van der Waals surface area (Å²) in [7, 11) is -2.14. The van der Waals surface area contributed by atoms with Gasteiger partial charge in [-0.3, -0.25) is 4.90 Å². The van der Waals surface area contributed by atoms with Gasteiger partial charge in [-0.1, -0.05) is 6.42 Å². The molecule has 0 amide bonds. The van der Waals surface area contributed by atoms with E-state index in [1.54, 1.807) is 23.5 Å². The number of rotatable bonds is 6. The Labute approximate surface area is 215 Å². The molecule has 2 aromatic heterocycles. The minimum Gasteiger partial charge on any atom is -0.293 e. The summed E-state index contributed by atoms with van der Waals surface area (Å²) >= 11 is 0. The van der Waals surface area contributed by atoms with E-state index in [9.17, 15) is 12.8 Å². The fourth-order valence-corrected chi connectivity index (χ4v) is 6.78. The lowest BCUT2D eigenvalue weighted by molar-refractivity contribution is 0.0806. The SMILES string of the molecule is Cc1cc2c(cnn2-c2ccc(F)cc2)cc1[C@H]1CN(S(=O)(=O)c2cnn(C)n2)CCN1CC1CCC1. The van der Waals surface area contributed by atoms with E-state index in [1.807, 2.05) is 10.9 Å². The molecule has 37 heavy (non-hydrogen) atoms. The molecular weight excluding hydrogens is 493 g/mol. The first-order valence-corrected chi connectivity index (χ1v) is 14.1. The van der Waals surface area contributed by atoms with Crippen molar-refractivity contribution in [1.82, 2.24) is 34.0 Å². The fourth-order valence-electron chi connectivity index (χ4n) is 5.46. The molecule has 9 nitrogen and oxygen atoms in total. The zero-order valence-corrected chi connectivity index (χ0v) is 21.8. The maximum absolute atomic E-state index is 13.5. The van der Waals surface area contributed by atoms with Crippen LogP contribution >= 0.6 is 0 Å². The summed E-state index contributed by atoms with van der Waals surface area (Å²) < 4.78 is 43.6. The second kappa shape index (κ2) is 9.30. The van der Waals surface area contributed by atoms with Gasteiger partial charge in [-0.2, -0.15) is 19.3 Å². The molecule has 1 aliphatic heterocycles. The van der Waals surface area contributed by atoms with Crippen LogP contribution in [-0.4, -0.2) is 68.6 Å². The van der Waals surface area contributed by atoms with E-state index in [4.69, 9.17) is 0 Å². The number of nitrogens with zero attached hydrogens (tertiary/aromatic N) is 7. The zero-order valence-electron chi connectivity index (χ0n) is 21.0. The molecule has 11 heteroatoms. The maximum Gasteiger partial charge on any atom is 0.264 e. The summed E-state index contributed by atoms with van der Waals surface area (Å²) in [5.74, 6) is 0.374. The lowest BCUT2D eigenvalue weighted by atomic mass is 9.84. The van der Waals surface area contributed by atoms with Gasteiger partial charge in [0.15, 0.2) is 0 Å². The van der Waals surface area contributed by atoms with Gasteiger partial charge in [-0.05, 0) is 73.2 Å². The number of sulfonamides is 1. The molecule has 1 saturated carbocycles. The summed E-state index contributed by atoms with van der Waals surface area (Å²) in [6.07, 6.45) is 6.85. The van der Waals surface area contributed by atoms with E-state index in [0.717, 1.165) is 34.3 Å². The van der Waals surface area contributed by atoms with Crippen LogP contribution in [0.2, 0.25) is 0 Å². The molecule has 3 heterocycles. The van der Waals surface area contributed by atoms with Crippen molar-refractivity contribution in [2.45, 2.75) is 37.3 Å². The molecule has 2 aliphatic rings. The molecular formula is C26H30FN7O2S. The molecule has 0 N–H and O–H groups in total. The van der Waals surface area contributed by atoms with E-state index in [2.05, 4.69) is 39.3 Å². The third-order valence-electron chi connectivity index (χ3n) is 7.74. The largest absolute Gasteiger partial charge is 0.293 e. The highest BCUT2D eigenvalue weighted by Gasteiger charge is 2.38. The normalized spacial score (nSPS) is 19.9. The number of benzene rings is 2. The molecule has 2 aromatic carbocycles. The van der Waals surface area contributed by atoms with Crippen molar-refractivity contribution in [2.24, 2.45) is 13.0 Å². The van der Waals surface area contributed by atoms with Crippen LogP contribution < -0.4 is 0 Å². The Balaban J connectivity index is 1.37. The Morgan fingerprint density at radius 1 is 1.05 bits per heavy atom. The quantitative estimate of drug-likeness (QED) is 0.385. The molecule has 0 spiro atoms. The zero-order chi connectivity index (χ0) is 25.7. The first-order valence-electron chi connectivity index (χ1n) is 12.6. The Bertz CT molecular complexity index is 1540. The number of aryl methyl sites for hydroxylation is 2. The van der Waals surface area contributed by atoms with Crippen LogP contribution in [0.3, 0.4) is 0 Å². The Kier molecular flexibility index (Phi) is 6.09. The first kappa shape index (κ1) is 24.2. The predicted octanol–water partition coefficient (Wildman–Crippen LogP) is 3.45. The number of hydrogen-bond donors (Lipinski definition) is 0. The molecule has 6 rings (SSSR count). The summed E-state index contributed by atoms with van der Waals surface area (Å²) in [5, 5.41) is 13.5. The van der Waals surface area contributed by atoms with Crippen molar-refractivity contribution in [3.63, 3.8) is 0 Å². The number of fused-ring (bicyclic) bond motifs is 1. The molecule has 194 valence electrons. The van der Waals surface area contributed by atoms with E-state index in [0.29, 0.717) is 25.6 Å². The second-order valence-electron chi connectivity index (χ2n) is 10.1. The van der Waals surface area contributed by atoms with Crippen LogP contribution in [0.4, 0.5) is 4.39 Å². The molecule has 0 bridgehead atoms. The first-order chi connectivity index (χ1) is 17.8. The summed E-state index contributed by atoms with van der Waals surface area (Å²) in [4.78, 5) is 3.72. The maximum atomic E-state index is 13.5. The van der Waals surface area contributed by atoms with Crippen molar-refractivity contribution < 1.29 is 12.8 Å². The standard InChI is InChI=1S/C26H30FN7O2S/c1-18-12-24-20(14-29-34(24)22-8-6-21(27)7-9-22)13-23(18)25-17-33(11-10-32(25)16-19-4-3-5-19)37(35,36)26-15-28-31(2)30-26/h6-9,12-15,19,25H,3-5,10-11,16-17H2,1-2H3/t25-/m1/s1. The number of halogens is 1. The molecule has 1 saturated heterocycles. The number of aromatic nitrogens is 5. The van der Waals surface area contributed by atoms with Gasteiger partial charge in [0.25, 0.3) is 10.0 Å². The summed E-state index contributed by atoms with van der Waals surface area (Å²) in [5.41, 5.74) is 3.88. The van der Waals surface area contributed by atoms with Crippen LogP contribution in [0.5, 0.6) is 0 Å². The minimum atomic E-state index is -3.75. The molecule has 1 atom stereocenters. The lowest BCUT2D eigenvalue weighted by Gasteiger charge is -2.44. The van der Waals surface area contributed by atoms with Crippen LogP contribution in [0.25, 0.3) is 16.6 Å². The Hall–Kier alpha value is -3.15. The van der Waals surface area contributed by atoms with Crippen molar-refractivity contribution in [1.29, 1.82) is 0 Å². The van der Waals surface area contributed by atoms with Crippen molar-refractivity contribution in [2.75, 3.05) is 26.2 Å². The highest BCUT2D eigenvalue weighted by Crippen LogP contribution is 2.36. The predicted molar refractivity (Wildman–Crippen MR) is 137 cm³/mol. The Morgan fingerprint density at radius 2 is 1.84 bits per heavy atom. The molecule has 0 radical (unpaired) electrons. The van der Waals surface area contributed by atoms with Gasteiger partial charge in [0.1, 0.15) is 5.82 Å². The summed E-state index contributed by atoms with van der Waals surface area (Å²) in [6, 6.07) is 10.4. The highest BCUT2D eigenvalue weighted by atomic mass is 32.2. The van der Waals surface area contributed by atoms with Gasteiger partial charge in [-0.25, -0.2) is 17.5 Å².